The zero-order valence-electron chi connectivity index (χ0n) is 14.7. The Morgan fingerprint density at radius 2 is 2.24 bits per heavy atom. The molecule has 0 saturated heterocycles. The van der Waals surface area contributed by atoms with Gasteiger partial charge in [0, 0.05) is 18.5 Å². The lowest BCUT2D eigenvalue weighted by atomic mass is 9.71. The van der Waals surface area contributed by atoms with Gasteiger partial charge < -0.3 is 10.6 Å². The fourth-order valence-electron chi connectivity index (χ4n) is 4.23. The van der Waals surface area contributed by atoms with E-state index in [1.54, 1.807) is 6.33 Å². The Morgan fingerprint density at radius 1 is 1.36 bits per heavy atom. The van der Waals surface area contributed by atoms with E-state index in [-0.39, 0.29) is 17.5 Å². The Kier molecular flexibility index (Phi) is 4.19. The molecule has 1 aromatic heterocycles. The molecule has 2 heterocycles. The summed E-state index contributed by atoms with van der Waals surface area (Å²) in [6.45, 7) is 3.78. The summed E-state index contributed by atoms with van der Waals surface area (Å²) >= 11 is 0. The van der Waals surface area contributed by atoms with Crippen molar-refractivity contribution in [2.24, 2.45) is 0 Å². The van der Waals surface area contributed by atoms with Crippen LogP contribution in [0.2, 0.25) is 0 Å². The van der Waals surface area contributed by atoms with E-state index in [1.807, 2.05) is 4.68 Å². The molecular weight excluding hydrogens is 314 g/mol. The largest absolute Gasteiger partial charge is 0.337 e. The molecule has 132 valence electrons. The van der Waals surface area contributed by atoms with Crippen LogP contribution < -0.4 is 10.6 Å². The average molecular weight is 339 g/mol. The Morgan fingerprint density at radius 3 is 3.16 bits per heavy atom. The van der Waals surface area contributed by atoms with Crippen molar-refractivity contribution in [1.29, 1.82) is 0 Å². The maximum Gasteiger partial charge on any atom is 0.315 e. The topological polar surface area (TPSA) is 71.8 Å². The Labute approximate surface area is 148 Å². The fraction of sp³-hybridized carbons (Fsp3) is 0.526. The van der Waals surface area contributed by atoms with Crippen LogP contribution in [-0.4, -0.2) is 27.3 Å². The number of aromatic nitrogens is 3. The summed E-state index contributed by atoms with van der Waals surface area (Å²) in [6.07, 6.45) is 6.88. The van der Waals surface area contributed by atoms with Crippen molar-refractivity contribution >= 4 is 6.03 Å². The van der Waals surface area contributed by atoms with Gasteiger partial charge in [-0.1, -0.05) is 31.2 Å². The predicted octanol–water partition coefficient (Wildman–Crippen LogP) is 2.71. The van der Waals surface area contributed by atoms with Gasteiger partial charge in [-0.05, 0) is 43.2 Å². The van der Waals surface area contributed by atoms with E-state index < -0.39 is 0 Å². The lowest BCUT2D eigenvalue weighted by Crippen LogP contribution is -2.46. The standard InChI is InChI=1S/C19H25N5O/c1-19(10-4-7-14-6-2-3-8-15(14)19)12-20-18(25)23-16-9-5-11-24-17(16)21-13-22-24/h2-3,6,8,13,16H,4-5,7,9-12H2,1H3,(H2,20,23,25)/t16-,19+/m1/s1. The predicted molar refractivity (Wildman–Crippen MR) is 95.3 cm³/mol. The number of nitrogens with zero attached hydrogens (tertiary/aromatic N) is 3. The first-order chi connectivity index (χ1) is 12.2. The molecule has 2 amide bonds. The minimum atomic E-state index is -0.120. The molecule has 0 bridgehead atoms. The summed E-state index contributed by atoms with van der Waals surface area (Å²) in [4.78, 5) is 16.8. The van der Waals surface area contributed by atoms with Crippen molar-refractivity contribution in [3.05, 3.63) is 47.5 Å². The molecule has 2 aromatic rings. The number of aryl methyl sites for hydroxylation is 2. The third-order valence-corrected chi connectivity index (χ3v) is 5.61. The van der Waals surface area contributed by atoms with Gasteiger partial charge in [-0.15, -0.1) is 0 Å². The highest BCUT2D eigenvalue weighted by molar-refractivity contribution is 5.74. The van der Waals surface area contributed by atoms with Crippen LogP contribution >= 0.6 is 0 Å². The normalized spacial score (nSPS) is 24.9. The SMILES string of the molecule is C[C@@]1(CNC(=O)N[C@@H]2CCCn3ncnc32)CCCc2ccccc21. The third kappa shape index (κ3) is 3.13. The Hall–Kier alpha value is -2.37. The number of carbonyl (C=O) groups excluding carboxylic acids is 1. The molecule has 1 aliphatic carbocycles. The van der Waals surface area contributed by atoms with Gasteiger partial charge in [0.2, 0.25) is 0 Å². The summed E-state index contributed by atoms with van der Waals surface area (Å²) in [5.74, 6) is 0.857. The van der Waals surface area contributed by atoms with Gasteiger partial charge in [0.25, 0.3) is 0 Å². The highest BCUT2D eigenvalue weighted by Crippen LogP contribution is 2.36. The second-order valence-electron chi connectivity index (χ2n) is 7.43. The number of nitrogens with one attached hydrogen (secondary N) is 2. The van der Waals surface area contributed by atoms with Gasteiger partial charge >= 0.3 is 6.03 Å². The second kappa shape index (κ2) is 6.50. The molecule has 0 saturated carbocycles. The van der Waals surface area contributed by atoms with Crippen molar-refractivity contribution in [2.75, 3.05) is 6.54 Å². The van der Waals surface area contributed by atoms with Crippen LogP contribution in [0, 0.1) is 0 Å². The molecule has 1 aliphatic heterocycles. The van der Waals surface area contributed by atoms with Crippen LogP contribution in [0.25, 0.3) is 0 Å². The minimum absolute atomic E-state index is 0.00122. The number of hydrogen-bond acceptors (Lipinski definition) is 3. The number of carbonyl (C=O) groups is 1. The molecule has 2 N–H and O–H groups in total. The number of fused-ring (bicyclic) bond motifs is 2. The smallest absolute Gasteiger partial charge is 0.315 e. The Bertz CT molecular complexity index is 771. The number of urea groups is 1. The van der Waals surface area contributed by atoms with Gasteiger partial charge in [-0.2, -0.15) is 5.10 Å². The van der Waals surface area contributed by atoms with Crippen LogP contribution in [0.4, 0.5) is 4.79 Å². The van der Waals surface area contributed by atoms with Crippen molar-refractivity contribution in [3.8, 4) is 0 Å². The van der Waals surface area contributed by atoms with Gasteiger partial charge in [0.1, 0.15) is 12.2 Å². The number of hydrogen-bond donors (Lipinski definition) is 2. The molecule has 6 nitrogen and oxygen atoms in total. The maximum atomic E-state index is 12.5. The highest BCUT2D eigenvalue weighted by atomic mass is 16.2. The summed E-state index contributed by atoms with van der Waals surface area (Å²) in [7, 11) is 0. The lowest BCUT2D eigenvalue weighted by molar-refractivity contribution is 0.228. The van der Waals surface area contributed by atoms with E-state index in [2.05, 4.69) is 51.9 Å². The van der Waals surface area contributed by atoms with E-state index in [0.717, 1.165) is 38.1 Å². The highest BCUT2D eigenvalue weighted by Gasteiger charge is 2.32. The summed E-state index contributed by atoms with van der Waals surface area (Å²) < 4.78 is 1.88. The molecule has 25 heavy (non-hydrogen) atoms. The van der Waals surface area contributed by atoms with Crippen molar-refractivity contribution in [1.82, 2.24) is 25.4 Å². The van der Waals surface area contributed by atoms with Crippen LogP contribution in [0.1, 0.15) is 55.6 Å². The molecule has 0 radical (unpaired) electrons. The number of amides is 2. The maximum absolute atomic E-state index is 12.5. The number of rotatable bonds is 3. The minimum Gasteiger partial charge on any atom is -0.337 e. The fourth-order valence-corrected chi connectivity index (χ4v) is 4.23. The van der Waals surface area contributed by atoms with Crippen molar-refractivity contribution in [3.63, 3.8) is 0 Å². The molecule has 0 unspecified atom stereocenters. The summed E-state index contributed by atoms with van der Waals surface area (Å²) in [5.41, 5.74) is 2.79. The van der Waals surface area contributed by atoms with E-state index >= 15 is 0 Å². The molecule has 6 heteroatoms. The van der Waals surface area contributed by atoms with Gasteiger partial charge in [0.05, 0.1) is 6.04 Å². The van der Waals surface area contributed by atoms with Crippen molar-refractivity contribution < 1.29 is 4.79 Å². The second-order valence-corrected chi connectivity index (χ2v) is 7.43. The van der Waals surface area contributed by atoms with E-state index in [1.165, 1.54) is 17.5 Å². The first-order valence-corrected chi connectivity index (χ1v) is 9.16. The van der Waals surface area contributed by atoms with Gasteiger partial charge in [0.15, 0.2) is 0 Å². The van der Waals surface area contributed by atoms with Crippen LogP contribution in [-0.2, 0) is 18.4 Å². The first kappa shape index (κ1) is 16.1. The molecule has 2 atom stereocenters. The van der Waals surface area contributed by atoms with Crippen molar-refractivity contribution in [2.45, 2.75) is 57.0 Å². The lowest BCUT2D eigenvalue weighted by Gasteiger charge is -2.36. The summed E-state index contributed by atoms with van der Waals surface area (Å²) in [6, 6.07) is 8.44. The number of benzene rings is 1. The van der Waals surface area contributed by atoms with Gasteiger partial charge in [-0.3, -0.25) is 0 Å². The third-order valence-electron chi connectivity index (χ3n) is 5.61. The quantitative estimate of drug-likeness (QED) is 0.903. The van der Waals surface area contributed by atoms with Gasteiger partial charge in [-0.25, -0.2) is 14.5 Å². The summed E-state index contributed by atoms with van der Waals surface area (Å²) in [5, 5.41) is 10.4. The van der Waals surface area contributed by atoms with Crippen LogP contribution in [0.5, 0.6) is 0 Å². The molecule has 1 aromatic carbocycles. The zero-order chi connectivity index (χ0) is 17.3. The van der Waals surface area contributed by atoms with E-state index in [0.29, 0.717) is 6.54 Å². The molecule has 0 fully saturated rings. The van der Waals surface area contributed by atoms with Crippen LogP contribution in [0.3, 0.4) is 0 Å². The first-order valence-electron chi connectivity index (χ1n) is 9.16. The zero-order valence-corrected chi connectivity index (χ0v) is 14.7. The molecule has 2 aliphatic rings. The monoisotopic (exact) mass is 339 g/mol. The molecule has 4 rings (SSSR count). The molecular formula is C19H25N5O. The van der Waals surface area contributed by atoms with E-state index in [9.17, 15) is 4.79 Å². The average Bonchev–Trinajstić information content (AvgIpc) is 3.11. The molecule has 0 spiro atoms. The van der Waals surface area contributed by atoms with Crippen LogP contribution in [0.15, 0.2) is 30.6 Å². The Balaban J connectivity index is 1.40. The van der Waals surface area contributed by atoms with E-state index in [4.69, 9.17) is 0 Å².